The molecule has 0 amide bonds. The number of hydrogen-bond donors (Lipinski definition) is 2. The van der Waals surface area contributed by atoms with Crippen LogP contribution in [0.3, 0.4) is 0 Å². The van der Waals surface area contributed by atoms with Crippen LogP contribution in [0, 0.1) is 0 Å². The summed E-state index contributed by atoms with van der Waals surface area (Å²) < 4.78 is 5.39. The highest BCUT2D eigenvalue weighted by Crippen LogP contribution is 2.17. The van der Waals surface area contributed by atoms with Gasteiger partial charge in [0.2, 0.25) is 0 Å². The van der Waals surface area contributed by atoms with Crippen molar-refractivity contribution in [2.45, 2.75) is 26.2 Å². The Morgan fingerprint density at radius 2 is 2.24 bits per heavy atom. The Kier molecular flexibility index (Phi) is 5.93. The molecule has 4 heteroatoms. The van der Waals surface area contributed by atoms with Crippen LogP contribution in [0.4, 0.5) is 5.69 Å². The summed E-state index contributed by atoms with van der Waals surface area (Å²) in [7, 11) is 0. The number of carbonyl (C=O) groups is 1. The number of hydrogen-bond acceptors (Lipinski definition) is 3. The molecule has 0 aliphatic carbocycles. The summed E-state index contributed by atoms with van der Waals surface area (Å²) in [6.07, 6.45) is 1.79. The van der Waals surface area contributed by atoms with E-state index in [2.05, 4.69) is 5.32 Å². The number of anilines is 1. The quantitative estimate of drug-likeness (QED) is 0.682. The van der Waals surface area contributed by atoms with Gasteiger partial charge in [0, 0.05) is 24.7 Å². The molecule has 0 bridgehead atoms. The van der Waals surface area contributed by atoms with Gasteiger partial charge in [0.05, 0.1) is 6.61 Å². The number of benzene rings is 1. The number of rotatable bonds is 8. The first kappa shape index (κ1) is 13.4. The van der Waals surface area contributed by atoms with E-state index >= 15 is 0 Å². The van der Waals surface area contributed by atoms with Crippen LogP contribution in [-0.2, 0) is 4.79 Å². The molecule has 0 saturated carbocycles. The van der Waals surface area contributed by atoms with Crippen molar-refractivity contribution in [2.24, 2.45) is 0 Å². The van der Waals surface area contributed by atoms with Gasteiger partial charge in [-0.15, -0.1) is 0 Å². The molecule has 0 saturated heterocycles. The normalized spacial score (nSPS) is 9.94. The zero-order valence-corrected chi connectivity index (χ0v) is 10.1. The lowest BCUT2D eigenvalue weighted by atomic mass is 10.2. The molecule has 1 aromatic carbocycles. The first-order valence-corrected chi connectivity index (χ1v) is 5.91. The molecule has 0 atom stereocenters. The van der Waals surface area contributed by atoms with Crippen molar-refractivity contribution in [2.75, 3.05) is 18.5 Å². The fraction of sp³-hybridized carbons (Fsp3) is 0.462. The van der Waals surface area contributed by atoms with Crippen molar-refractivity contribution in [1.29, 1.82) is 0 Å². The predicted molar refractivity (Wildman–Crippen MR) is 67.6 cm³/mol. The molecular formula is C13H19NO3. The Morgan fingerprint density at radius 1 is 1.41 bits per heavy atom. The van der Waals surface area contributed by atoms with Crippen LogP contribution in [0.1, 0.15) is 26.2 Å². The van der Waals surface area contributed by atoms with Crippen LogP contribution in [0.25, 0.3) is 0 Å². The molecule has 1 aromatic rings. The second-order valence-corrected chi connectivity index (χ2v) is 3.74. The third kappa shape index (κ3) is 5.80. The number of carboxylic acid groups (broad SMARTS) is 1. The summed E-state index contributed by atoms with van der Waals surface area (Å²) in [5, 5.41) is 11.7. The van der Waals surface area contributed by atoms with Crippen molar-refractivity contribution >= 4 is 11.7 Å². The van der Waals surface area contributed by atoms with Gasteiger partial charge in [-0.25, -0.2) is 0 Å². The Bertz CT molecular complexity index is 352. The van der Waals surface area contributed by atoms with Crippen LogP contribution in [-0.4, -0.2) is 24.2 Å². The standard InChI is InChI=1S/C13H19NO3/c1-2-17-12-7-5-6-11(10-12)14-9-4-3-8-13(15)16/h5-7,10,14H,2-4,8-9H2,1H3,(H,15,16). The molecule has 1 rings (SSSR count). The summed E-state index contributed by atoms with van der Waals surface area (Å²) >= 11 is 0. The average molecular weight is 237 g/mol. The van der Waals surface area contributed by atoms with Crippen LogP contribution >= 0.6 is 0 Å². The molecule has 17 heavy (non-hydrogen) atoms. The minimum Gasteiger partial charge on any atom is -0.494 e. The van der Waals surface area contributed by atoms with Gasteiger partial charge >= 0.3 is 5.97 Å². The molecular weight excluding hydrogens is 218 g/mol. The van der Waals surface area contributed by atoms with Gasteiger partial charge in [-0.1, -0.05) is 6.07 Å². The van der Waals surface area contributed by atoms with Crippen molar-refractivity contribution in [3.63, 3.8) is 0 Å². The first-order chi connectivity index (χ1) is 8.22. The number of carboxylic acids is 1. The highest BCUT2D eigenvalue weighted by molar-refractivity contribution is 5.66. The highest BCUT2D eigenvalue weighted by Gasteiger charge is 1.98. The van der Waals surface area contributed by atoms with E-state index in [1.54, 1.807) is 0 Å². The molecule has 4 nitrogen and oxygen atoms in total. The predicted octanol–water partition coefficient (Wildman–Crippen LogP) is 2.75. The van der Waals surface area contributed by atoms with Crippen molar-refractivity contribution < 1.29 is 14.6 Å². The highest BCUT2D eigenvalue weighted by atomic mass is 16.5. The molecule has 0 radical (unpaired) electrons. The monoisotopic (exact) mass is 237 g/mol. The van der Waals surface area contributed by atoms with Crippen molar-refractivity contribution in [3.8, 4) is 5.75 Å². The lowest BCUT2D eigenvalue weighted by Crippen LogP contribution is -2.03. The maximum Gasteiger partial charge on any atom is 0.303 e. The van der Waals surface area contributed by atoms with Crippen LogP contribution in [0.5, 0.6) is 5.75 Å². The molecule has 2 N–H and O–H groups in total. The number of ether oxygens (including phenoxy) is 1. The van der Waals surface area contributed by atoms with Crippen LogP contribution in [0.15, 0.2) is 24.3 Å². The Morgan fingerprint density at radius 3 is 2.94 bits per heavy atom. The number of nitrogens with one attached hydrogen (secondary N) is 1. The van der Waals surface area contributed by atoms with E-state index in [0.29, 0.717) is 13.0 Å². The first-order valence-electron chi connectivity index (χ1n) is 5.91. The minimum atomic E-state index is -0.733. The smallest absolute Gasteiger partial charge is 0.303 e. The van der Waals surface area contributed by atoms with Crippen molar-refractivity contribution in [3.05, 3.63) is 24.3 Å². The molecule has 94 valence electrons. The maximum absolute atomic E-state index is 10.3. The molecule has 0 aliphatic heterocycles. The van der Waals surface area contributed by atoms with Gasteiger partial charge in [0.1, 0.15) is 5.75 Å². The topological polar surface area (TPSA) is 58.6 Å². The molecule has 0 spiro atoms. The van der Waals surface area contributed by atoms with E-state index in [4.69, 9.17) is 9.84 Å². The third-order valence-electron chi connectivity index (χ3n) is 2.29. The van der Waals surface area contributed by atoms with E-state index in [9.17, 15) is 4.79 Å². The molecule has 0 unspecified atom stereocenters. The van der Waals surface area contributed by atoms with E-state index in [0.717, 1.165) is 24.4 Å². The van der Waals surface area contributed by atoms with Gasteiger partial charge in [-0.3, -0.25) is 4.79 Å². The van der Waals surface area contributed by atoms with Gasteiger partial charge in [0.15, 0.2) is 0 Å². The molecule has 0 heterocycles. The van der Waals surface area contributed by atoms with Gasteiger partial charge in [-0.2, -0.15) is 0 Å². The lowest BCUT2D eigenvalue weighted by Gasteiger charge is -2.08. The van der Waals surface area contributed by atoms with E-state index in [1.807, 2.05) is 31.2 Å². The second-order valence-electron chi connectivity index (χ2n) is 3.74. The van der Waals surface area contributed by atoms with Gasteiger partial charge < -0.3 is 15.2 Å². The molecule has 0 aliphatic rings. The average Bonchev–Trinajstić information content (AvgIpc) is 2.29. The third-order valence-corrected chi connectivity index (χ3v) is 2.29. The van der Waals surface area contributed by atoms with E-state index in [1.165, 1.54) is 0 Å². The van der Waals surface area contributed by atoms with Crippen LogP contribution in [0.2, 0.25) is 0 Å². The molecule has 0 aromatic heterocycles. The van der Waals surface area contributed by atoms with Crippen molar-refractivity contribution in [1.82, 2.24) is 0 Å². The van der Waals surface area contributed by atoms with E-state index < -0.39 is 5.97 Å². The summed E-state index contributed by atoms with van der Waals surface area (Å²) in [4.78, 5) is 10.3. The fourth-order valence-electron chi connectivity index (χ4n) is 1.50. The Labute approximate surface area is 102 Å². The zero-order valence-electron chi connectivity index (χ0n) is 10.1. The fourth-order valence-corrected chi connectivity index (χ4v) is 1.50. The maximum atomic E-state index is 10.3. The Balaban J connectivity index is 2.26. The summed E-state index contributed by atoms with van der Waals surface area (Å²) in [6, 6.07) is 7.77. The Hall–Kier alpha value is -1.71. The van der Waals surface area contributed by atoms with Gasteiger partial charge in [-0.05, 0) is 31.9 Å². The second kappa shape index (κ2) is 7.54. The minimum absolute atomic E-state index is 0.237. The largest absolute Gasteiger partial charge is 0.494 e. The van der Waals surface area contributed by atoms with Crippen LogP contribution < -0.4 is 10.1 Å². The summed E-state index contributed by atoms with van der Waals surface area (Å²) in [6.45, 7) is 3.39. The summed E-state index contributed by atoms with van der Waals surface area (Å²) in [5.74, 6) is 0.117. The zero-order chi connectivity index (χ0) is 12.5. The molecule has 0 fully saturated rings. The number of aliphatic carboxylic acids is 1. The lowest BCUT2D eigenvalue weighted by molar-refractivity contribution is -0.137. The van der Waals surface area contributed by atoms with E-state index in [-0.39, 0.29) is 6.42 Å². The SMILES string of the molecule is CCOc1cccc(NCCCCC(=O)O)c1. The number of unbranched alkanes of at least 4 members (excludes halogenated alkanes) is 1. The van der Waals surface area contributed by atoms with Gasteiger partial charge in [0.25, 0.3) is 0 Å². The summed E-state index contributed by atoms with van der Waals surface area (Å²) in [5.41, 5.74) is 1.01.